The van der Waals surface area contributed by atoms with E-state index in [0.717, 1.165) is 14.3 Å². The maximum absolute atomic E-state index is 13.0. The average Bonchev–Trinajstić information content (AvgIpc) is 2.56. The minimum Gasteiger partial charge on any atom is -0.353 e. The van der Waals surface area contributed by atoms with Gasteiger partial charge in [0.05, 0.1) is 11.4 Å². The SMILES string of the molecule is CC(C)NC(=O)CN(Cc1ccc(Br)cc1)S(=O)(=O)c1ccc(Cl)cc1. The van der Waals surface area contributed by atoms with E-state index in [1.165, 1.54) is 24.3 Å². The van der Waals surface area contributed by atoms with Gasteiger partial charge in [-0.05, 0) is 55.8 Å². The zero-order chi connectivity index (χ0) is 19.3. The van der Waals surface area contributed by atoms with Crippen LogP contribution in [-0.2, 0) is 21.4 Å². The molecule has 0 saturated heterocycles. The number of rotatable bonds is 7. The Hall–Kier alpha value is -1.41. The third kappa shape index (κ3) is 5.81. The predicted octanol–water partition coefficient (Wildman–Crippen LogP) is 3.82. The summed E-state index contributed by atoms with van der Waals surface area (Å²) in [6.45, 7) is 3.47. The molecule has 0 spiro atoms. The van der Waals surface area contributed by atoms with Crippen molar-refractivity contribution in [3.8, 4) is 0 Å². The molecule has 0 radical (unpaired) electrons. The summed E-state index contributed by atoms with van der Waals surface area (Å²) in [6.07, 6.45) is 0. The zero-order valence-corrected chi connectivity index (χ0v) is 17.6. The first-order valence-corrected chi connectivity index (χ1v) is 10.6. The van der Waals surface area contributed by atoms with Crippen molar-refractivity contribution in [2.75, 3.05) is 6.54 Å². The van der Waals surface area contributed by atoms with Crippen LogP contribution in [-0.4, -0.2) is 31.2 Å². The Balaban J connectivity index is 2.33. The zero-order valence-electron chi connectivity index (χ0n) is 14.4. The number of hydrogen-bond donors (Lipinski definition) is 1. The lowest BCUT2D eigenvalue weighted by atomic mass is 10.2. The highest BCUT2D eigenvalue weighted by molar-refractivity contribution is 9.10. The lowest BCUT2D eigenvalue weighted by Crippen LogP contribution is -2.42. The van der Waals surface area contributed by atoms with Gasteiger partial charge in [-0.1, -0.05) is 39.7 Å². The highest BCUT2D eigenvalue weighted by atomic mass is 79.9. The Morgan fingerprint density at radius 1 is 1.12 bits per heavy atom. The molecule has 0 aromatic heterocycles. The fourth-order valence-corrected chi connectivity index (χ4v) is 4.08. The molecule has 5 nitrogen and oxygen atoms in total. The number of hydrogen-bond acceptors (Lipinski definition) is 3. The molecule has 0 aliphatic carbocycles. The van der Waals surface area contributed by atoms with Gasteiger partial charge < -0.3 is 5.32 Å². The first-order chi connectivity index (χ1) is 12.2. The van der Waals surface area contributed by atoms with E-state index in [1.54, 1.807) is 0 Å². The minimum absolute atomic E-state index is 0.0738. The van der Waals surface area contributed by atoms with Gasteiger partial charge in [-0.15, -0.1) is 0 Å². The smallest absolute Gasteiger partial charge is 0.243 e. The number of carbonyl (C=O) groups is 1. The number of benzene rings is 2. The van der Waals surface area contributed by atoms with Crippen molar-refractivity contribution in [3.63, 3.8) is 0 Å². The lowest BCUT2D eigenvalue weighted by molar-refractivity contribution is -0.121. The Bertz CT molecular complexity index is 853. The minimum atomic E-state index is -3.85. The van der Waals surface area contributed by atoms with Crippen LogP contribution in [0.5, 0.6) is 0 Å². The molecule has 0 aliphatic heterocycles. The van der Waals surface area contributed by atoms with Crippen molar-refractivity contribution >= 4 is 43.5 Å². The summed E-state index contributed by atoms with van der Waals surface area (Å²) in [7, 11) is -3.85. The van der Waals surface area contributed by atoms with Crippen LogP contribution in [0.3, 0.4) is 0 Å². The molecule has 0 bridgehead atoms. The molecule has 2 rings (SSSR count). The molecule has 8 heteroatoms. The lowest BCUT2D eigenvalue weighted by Gasteiger charge is -2.22. The Labute approximate surface area is 167 Å². The second-order valence-electron chi connectivity index (χ2n) is 6.08. The van der Waals surface area contributed by atoms with E-state index in [4.69, 9.17) is 11.6 Å². The summed E-state index contributed by atoms with van der Waals surface area (Å²) in [5, 5.41) is 3.17. The maximum Gasteiger partial charge on any atom is 0.243 e. The first kappa shape index (κ1) is 20.9. The molecule has 1 amide bonds. The summed E-state index contributed by atoms with van der Waals surface area (Å²) in [4.78, 5) is 12.3. The second-order valence-corrected chi connectivity index (χ2v) is 9.37. The molecule has 0 unspecified atom stereocenters. The van der Waals surface area contributed by atoms with Crippen molar-refractivity contribution in [1.29, 1.82) is 0 Å². The molecule has 0 heterocycles. The van der Waals surface area contributed by atoms with Gasteiger partial charge >= 0.3 is 0 Å². The van der Waals surface area contributed by atoms with Crippen LogP contribution in [0, 0.1) is 0 Å². The Morgan fingerprint density at radius 2 is 1.69 bits per heavy atom. The van der Waals surface area contributed by atoms with Crippen LogP contribution in [0.15, 0.2) is 57.9 Å². The van der Waals surface area contributed by atoms with E-state index in [9.17, 15) is 13.2 Å². The van der Waals surface area contributed by atoms with Gasteiger partial charge in [0.1, 0.15) is 0 Å². The maximum atomic E-state index is 13.0. The summed E-state index contributed by atoms with van der Waals surface area (Å²) in [5.41, 5.74) is 0.781. The molecular weight excluding hydrogens is 440 g/mol. The van der Waals surface area contributed by atoms with Crippen molar-refractivity contribution < 1.29 is 13.2 Å². The number of halogens is 2. The van der Waals surface area contributed by atoms with Gasteiger partial charge in [-0.2, -0.15) is 4.31 Å². The molecule has 0 saturated carbocycles. The largest absolute Gasteiger partial charge is 0.353 e. The topological polar surface area (TPSA) is 66.5 Å². The van der Waals surface area contributed by atoms with Crippen molar-refractivity contribution in [2.45, 2.75) is 31.3 Å². The summed E-state index contributed by atoms with van der Waals surface area (Å²) in [5.74, 6) is -0.352. The number of amides is 1. The number of nitrogens with zero attached hydrogens (tertiary/aromatic N) is 1. The Kier molecular flexibility index (Phi) is 7.23. The molecule has 0 atom stereocenters. The van der Waals surface area contributed by atoms with Gasteiger partial charge in [-0.3, -0.25) is 4.79 Å². The Morgan fingerprint density at radius 3 is 2.23 bits per heavy atom. The van der Waals surface area contributed by atoms with Crippen molar-refractivity contribution in [3.05, 3.63) is 63.6 Å². The van der Waals surface area contributed by atoms with E-state index >= 15 is 0 Å². The van der Waals surface area contributed by atoms with Gasteiger partial charge in [0, 0.05) is 22.1 Å². The number of sulfonamides is 1. The number of carbonyl (C=O) groups excluding carboxylic acids is 1. The van der Waals surface area contributed by atoms with E-state index < -0.39 is 10.0 Å². The van der Waals surface area contributed by atoms with E-state index in [2.05, 4.69) is 21.2 Å². The van der Waals surface area contributed by atoms with E-state index in [-0.39, 0.29) is 29.9 Å². The van der Waals surface area contributed by atoms with Crippen LogP contribution >= 0.6 is 27.5 Å². The summed E-state index contributed by atoms with van der Waals surface area (Å²) >= 11 is 9.20. The summed E-state index contributed by atoms with van der Waals surface area (Å²) in [6, 6.07) is 13.1. The molecule has 2 aromatic rings. The molecular formula is C18H20BrClN2O3S. The van der Waals surface area contributed by atoms with E-state index in [1.807, 2.05) is 38.1 Å². The van der Waals surface area contributed by atoms with Gasteiger partial charge in [0.2, 0.25) is 15.9 Å². The highest BCUT2D eigenvalue weighted by Gasteiger charge is 2.27. The van der Waals surface area contributed by atoms with E-state index in [0.29, 0.717) is 5.02 Å². The molecule has 26 heavy (non-hydrogen) atoms. The molecule has 1 N–H and O–H groups in total. The fourth-order valence-electron chi connectivity index (χ4n) is 2.30. The molecule has 140 valence electrons. The second kappa shape index (κ2) is 8.99. The number of nitrogens with one attached hydrogen (secondary N) is 1. The van der Waals surface area contributed by atoms with Crippen molar-refractivity contribution in [1.82, 2.24) is 9.62 Å². The average molecular weight is 460 g/mol. The summed E-state index contributed by atoms with van der Waals surface area (Å²) < 4.78 is 28.1. The monoisotopic (exact) mass is 458 g/mol. The highest BCUT2D eigenvalue weighted by Crippen LogP contribution is 2.21. The first-order valence-electron chi connectivity index (χ1n) is 7.98. The van der Waals surface area contributed by atoms with Crippen molar-refractivity contribution in [2.24, 2.45) is 0 Å². The van der Waals surface area contributed by atoms with Crippen LogP contribution in [0.25, 0.3) is 0 Å². The van der Waals surface area contributed by atoms with Crippen LogP contribution in [0.1, 0.15) is 19.4 Å². The standard InChI is InChI=1S/C18H20BrClN2O3S/c1-13(2)21-18(23)12-22(11-14-3-5-15(19)6-4-14)26(24,25)17-9-7-16(20)8-10-17/h3-10,13H,11-12H2,1-2H3,(H,21,23). The van der Waals surface area contributed by atoms with Gasteiger partial charge in [0.25, 0.3) is 0 Å². The third-order valence-corrected chi connectivity index (χ3v) is 6.08. The van der Waals surface area contributed by atoms with Gasteiger partial charge in [-0.25, -0.2) is 8.42 Å². The quantitative estimate of drug-likeness (QED) is 0.684. The fraction of sp³-hybridized carbons (Fsp3) is 0.278. The molecule has 0 aliphatic rings. The normalized spacial score (nSPS) is 11.8. The molecule has 2 aromatic carbocycles. The van der Waals surface area contributed by atoms with Crippen LogP contribution < -0.4 is 5.32 Å². The van der Waals surface area contributed by atoms with Crippen LogP contribution in [0.2, 0.25) is 5.02 Å². The molecule has 0 fully saturated rings. The van der Waals surface area contributed by atoms with Gasteiger partial charge in [0.15, 0.2) is 0 Å². The van der Waals surface area contributed by atoms with Crippen LogP contribution in [0.4, 0.5) is 0 Å². The third-order valence-electron chi connectivity index (χ3n) is 3.49. The predicted molar refractivity (Wildman–Crippen MR) is 106 cm³/mol.